The van der Waals surface area contributed by atoms with Crippen LogP contribution in [0.4, 0.5) is 18.9 Å². The van der Waals surface area contributed by atoms with Gasteiger partial charge in [-0.3, -0.25) is 0 Å². The van der Waals surface area contributed by atoms with E-state index in [0.717, 1.165) is 0 Å². The van der Waals surface area contributed by atoms with Crippen LogP contribution in [0.5, 0.6) is 0 Å². The fourth-order valence-corrected chi connectivity index (χ4v) is 2.53. The SMILES string of the molecule is Nc1c(Br)cc(Br)cc1[C@@H](N)CC(F)(F)F. The number of alkyl halides is 3. The number of hydrogen-bond acceptors (Lipinski definition) is 2. The lowest BCUT2D eigenvalue weighted by Gasteiger charge is -2.17. The van der Waals surface area contributed by atoms with Crippen molar-refractivity contribution in [1.29, 1.82) is 0 Å². The van der Waals surface area contributed by atoms with Gasteiger partial charge >= 0.3 is 6.18 Å². The maximum atomic E-state index is 12.2. The van der Waals surface area contributed by atoms with Gasteiger partial charge in [-0.15, -0.1) is 0 Å². The van der Waals surface area contributed by atoms with Crippen LogP contribution < -0.4 is 11.5 Å². The van der Waals surface area contributed by atoms with Gasteiger partial charge in [0, 0.05) is 15.0 Å². The highest BCUT2D eigenvalue weighted by Gasteiger charge is 2.31. The molecule has 0 aliphatic heterocycles. The Morgan fingerprint density at radius 1 is 1.25 bits per heavy atom. The van der Waals surface area contributed by atoms with Crippen LogP contribution in [0.15, 0.2) is 21.1 Å². The number of anilines is 1. The standard InChI is InChI=1S/C9H9Br2F3N2/c10-4-1-5(8(16)6(11)2-4)7(15)3-9(12,13)14/h1-2,7H,3,15-16H2/t7-/m0/s1. The van der Waals surface area contributed by atoms with E-state index in [9.17, 15) is 13.2 Å². The minimum Gasteiger partial charge on any atom is -0.398 e. The number of nitrogen functional groups attached to an aromatic ring is 1. The summed E-state index contributed by atoms with van der Waals surface area (Å²) in [6.45, 7) is 0. The molecule has 2 nitrogen and oxygen atoms in total. The molecule has 1 rings (SSSR count). The molecule has 0 unspecified atom stereocenters. The van der Waals surface area contributed by atoms with Gasteiger partial charge in [-0.25, -0.2) is 0 Å². The van der Waals surface area contributed by atoms with Gasteiger partial charge in [0.05, 0.1) is 12.1 Å². The van der Waals surface area contributed by atoms with Crippen molar-refractivity contribution in [2.75, 3.05) is 5.73 Å². The molecular weight excluding hydrogens is 353 g/mol. The highest BCUT2D eigenvalue weighted by Crippen LogP contribution is 2.35. The van der Waals surface area contributed by atoms with Gasteiger partial charge in [0.15, 0.2) is 0 Å². The zero-order valence-corrected chi connectivity index (χ0v) is 11.2. The smallest absolute Gasteiger partial charge is 0.390 e. The summed E-state index contributed by atoms with van der Waals surface area (Å²) in [4.78, 5) is 0. The zero-order valence-electron chi connectivity index (χ0n) is 7.98. The van der Waals surface area contributed by atoms with E-state index in [0.29, 0.717) is 8.95 Å². The van der Waals surface area contributed by atoms with Gasteiger partial charge in [-0.1, -0.05) is 15.9 Å². The fraction of sp³-hybridized carbons (Fsp3) is 0.333. The number of rotatable bonds is 2. The van der Waals surface area contributed by atoms with Crippen molar-refractivity contribution in [2.45, 2.75) is 18.6 Å². The second kappa shape index (κ2) is 4.93. The van der Waals surface area contributed by atoms with Crippen LogP contribution in [0.1, 0.15) is 18.0 Å². The summed E-state index contributed by atoms with van der Waals surface area (Å²) in [5.41, 5.74) is 11.6. The van der Waals surface area contributed by atoms with Crippen LogP contribution in [0, 0.1) is 0 Å². The van der Waals surface area contributed by atoms with E-state index in [1.54, 1.807) is 6.07 Å². The molecule has 1 aromatic rings. The average Bonchev–Trinajstić information content (AvgIpc) is 2.08. The quantitative estimate of drug-likeness (QED) is 0.788. The van der Waals surface area contributed by atoms with Crippen LogP contribution >= 0.6 is 31.9 Å². The molecule has 0 bridgehead atoms. The van der Waals surface area contributed by atoms with Gasteiger partial charge in [-0.05, 0) is 33.6 Å². The van der Waals surface area contributed by atoms with Gasteiger partial charge in [-0.2, -0.15) is 13.2 Å². The van der Waals surface area contributed by atoms with Crippen LogP contribution in [0.3, 0.4) is 0 Å². The van der Waals surface area contributed by atoms with Crippen LogP contribution in [0.25, 0.3) is 0 Å². The second-order valence-electron chi connectivity index (χ2n) is 3.32. The molecule has 0 aliphatic rings. The largest absolute Gasteiger partial charge is 0.398 e. The first-order valence-electron chi connectivity index (χ1n) is 4.27. The molecule has 0 aliphatic carbocycles. The van der Waals surface area contributed by atoms with E-state index < -0.39 is 18.6 Å². The molecule has 16 heavy (non-hydrogen) atoms. The highest BCUT2D eigenvalue weighted by molar-refractivity contribution is 9.11. The molecule has 0 radical (unpaired) electrons. The summed E-state index contributed by atoms with van der Waals surface area (Å²) in [7, 11) is 0. The zero-order chi connectivity index (χ0) is 12.5. The van der Waals surface area contributed by atoms with Crippen molar-refractivity contribution in [2.24, 2.45) is 5.73 Å². The Kier molecular flexibility index (Phi) is 4.25. The van der Waals surface area contributed by atoms with Crippen molar-refractivity contribution >= 4 is 37.5 Å². The summed E-state index contributed by atoms with van der Waals surface area (Å²) >= 11 is 6.33. The van der Waals surface area contributed by atoms with Crippen molar-refractivity contribution in [3.8, 4) is 0 Å². The lowest BCUT2D eigenvalue weighted by Crippen LogP contribution is -2.21. The molecule has 0 spiro atoms. The predicted octanol–water partition coefficient (Wildman–Crippen LogP) is 3.75. The Hall–Kier alpha value is -0.270. The maximum absolute atomic E-state index is 12.2. The Balaban J connectivity index is 3.04. The van der Waals surface area contributed by atoms with E-state index in [2.05, 4.69) is 31.9 Å². The Morgan fingerprint density at radius 2 is 1.81 bits per heavy atom. The summed E-state index contributed by atoms with van der Waals surface area (Å²) in [6, 6.07) is 1.99. The summed E-state index contributed by atoms with van der Waals surface area (Å²) < 4.78 is 37.7. The lowest BCUT2D eigenvalue weighted by molar-refractivity contribution is -0.138. The molecule has 4 N–H and O–H groups in total. The molecule has 0 fully saturated rings. The molecule has 90 valence electrons. The Labute approximate surface area is 107 Å². The normalized spacial score (nSPS) is 13.9. The monoisotopic (exact) mass is 360 g/mol. The third-order valence-corrected chi connectivity index (χ3v) is 3.09. The van der Waals surface area contributed by atoms with Gasteiger partial charge < -0.3 is 11.5 Å². The fourth-order valence-electron chi connectivity index (χ4n) is 1.27. The van der Waals surface area contributed by atoms with Crippen LogP contribution in [0.2, 0.25) is 0 Å². The maximum Gasteiger partial charge on any atom is 0.390 e. The second-order valence-corrected chi connectivity index (χ2v) is 5.09. The van der Waals surface area contributed by atoms with Gasteiger partial charge in [0.25, 0.3) is 0 Å². The minimum atomic E-state index is -4.30. The van der Waals surface area contributed by atoms with E-state index >= 15 is 0 Å². The first-order chi connectivity index (χ1) is 7.20. The number of hydrogen-bond donors (Lipinski definition) is 2. The Bertz CT molecular complexity index is 393. The van der Waals surface area contributed by atoms with Crippen molar-refractivity contribution < 1.29 is 13.2 Å². The third-order valence-electron chi connectivity index (χ3n) is 1.98. The lowest BCUT2D eigenvalue weighted by atomic mass is 10.0. The van der Waals surface area contributed by atoms with Crippen molar-refractivity contribution in [3.63, 3.8) is 0 Å². The van der Waals surface area contributed by atoms with Crippen LogP contribution in [-0.4, -0.2) is 6.18 Å². The van der Waals surface area contributed by atoms with E-state index in [-0.39, 0.29) is 11.3 Å². The molecule has 1 atom stereocenters. The molecule has 7 heteroatoms. The first kappa shape index (κ1) is 13.8. The molecule has 0 saturated carbocycles. The Morgan fingerprint density at radius 3 is 2.31 bits per heavy atom. The molecule has 0 heterocycles. The first-order valence-corrected chi connectivity index (χ1v) is 5.86. The van der Waals surface area contributed by atoms with Crippen LogP contribution in [-0.2, 0) is 0 Å². The predicted molar refractivity (Wildman–Crippen MR) is 63.9 cm³/mol. The third kappa shape index (κ3) is 3.64. The summed E-state index contributed by atoms with van der Waals surface area (Å²) in [6.07, 6.45) is -5.40. The number of benzene rings is 1. The summed E-state index contributed by atoms with van der Waals surface area (Å²) in [5.74, 6) is 0. The van der Waals surface area contributed by atoms with E-state index in [4.69, 9.17) is 11.5 Å². The highest BCUT2D eigenvalue weighted by atomic mass is 79.9. The molecule has 0 saturated heterocycles. The van der Waals surface area contributed by atoms with Gasteiger partial charge in [0.1, 0.15) is 0 Å². The molecular formula is C9H9Br2F3N2. The van der Waals surface area contributed by atoms with E-state index in [1.807, 2.05) is 0 Å². The molecule has 0 aromatic heterocycles. The van der Waals surface area contributed by atoms with Crippen molar-refractivity contribution in [1.82, 2.24) is 0 Å². The number of nitrogens with two attached hydrogens (primary N) is 2. The summed E-state index contributed by atoms with van der Waals surface area (Å²) in [5, 5.41) is 0. The topological polar surface area (TPSA) is 52.0 Å². The number of halogens is 5. The minimum absolute atomic E-state index is 0.236. The average molecular weight is 362 g/mol. The van der Waals surface area contributed by atoms with Crippen molar-refractivity contribution in [3.05, 3.63) is 26.6 Å². The molecule has 0 amide bonds. The van der Waals surface area contributed by atoms with E-state index in [1.165, 1.54) is 6.07 Å². The molecule has 1 aromatic carbocycles. The van der Waals surface area contributed by atoms with Gasteiger partial charge in [0.2, 0.25) is 0 Å².